The van der Waals surface area contributed by atoms with E-state index in [9.17, 15) is 18.0 Å². The van der Waals surface area contributed by atoms with E-state index in [-0.39, 0.29) is 16.7 Å². The number of hydrogen-bond acceptors (Lipinski definition) is 4. The maximum Gasteiger partial charge on any atom is 0.257 e. The average Bonchev–Trinajstić information content (AvgIpc) is 3.17. The Hall–Kier alpha value is -4.17. The maximum absolute atomic E-state index is 13.2. The first-order chi connectivity index (χ1) is 17.6. The lowest BCUT2D eigenvalue weighted by atomic mass is 10.0. The number of rotatable bonds is 7. The van der Waals surface area contributed by atoms with Crippen molar-refractivity contribution in [1.29, 1.82) is 0 Å². The van der Waals surface area contributed by atoms with Crippen molar-refractivity contribution < 1.29 is 18.0 Å². The van der Waals surface area contributed by atoms with Crippen LogP contribution in [0.15, 0.2) is 83.8 Å². The Morgan fingerprint density at radius 1 is 0.865 bits per heavy atom. The number of carbonyl (C=O) groups is 2. The summed E-state index contributed by atoms with van der Waals surface area (Å²) in [6, 6.07) is 23.3. The van der Waals surface area contributed by atoms with Gasteiger partial charge in [0.05, 0.1) is 16.1 Å². The van der Waals surface area contributed by atoms with Crippen molar-refractivity contribution in [2.24, 2.45) is 0 Å². The summed E-state index contributed by atoms with van der Waals surface area (Å²) >= 11 is 0. The van der Waals surface area contributed by atoms with Crippen molar-refractivity contribution in [2.75, 3.05) is 18.1 Å². The van der Waals surface area contributed by atoms with Crippen molar-refractivity contribution in [3.05, 3.63) is 101 Å². The highest BCUT2D eigenvalue weighted by atomic mass is 32.2. The number of carbonyl (C=O) groups excluding carboxylic acids is 2. The third kappa shape index (κ3) is 5.49. The monoisotopic (exact) mass is 515 g/mol. The average molecular weight is 516 g/mol. The molecular weight excluding hydrogens is 486 g/mol. The predicted octanol–water partition coefficient (Wildman–Crippen LogP) is 5.17. The van der Waals surface area contributed by atoms with Crippen molar-refractivity contribution in [3.8, 4) is 16.8 Å². The molecule has 37 heavy (non-hydrogen) atoms. The van der Waals surface area contributed by atoms with E-state index in [1.54, 1.807) is 18.2 Å². The fourth-order valence-corrected chi connectivity index (χ4v) is 4.98. The third-order valence-electron chi connectivity index (χ3n) is 6.13. The molecule has 0 radical (unpaired) electrons. The zero-order valence-electron chi connectivity index (χ0n) is 21.2. The van der Waals surface area contributed by atoms with Crippen molar-refractivity contribution >= 4 is 27.3 Å². The summed E-state index contributed by atoms with van der Waals surface area (Å²) < 4.78 is 25.4. The first-order valence-electron chi connectivity index (χ1n) is 11.9. The van der Waals surface area contributed by atoms with Gasteiger partial charge in [-0.15, -0.1) is 0 Å². The SMILES string of the molecule is CCNC(=O)c1cccc(-c2ccccc2-n2c(C)cc(C(=O)Nc3ccc(S(C)(=O)=O)cc3)c2C)c1. The third-order valence-corrected chi connectivity index (χ3v) is 7.26. The number of nitrogens with one attached hydrogen (secondary N) is 2. The van der Waals surface area contributed by atoms with Crippen LogP contribution in [0.4, 0.5) is 5.69 Å². The second-order valence-electron chi connectivity index (χ2n) is 8.83. The van der Waals surface area contributed by atoms with E-state index in [2.05, 4.69) is 10.6 Å². The first-order valence-corrected chi connectivity index (χ1v) is 13.8. The quantitative estimate of drug-likeness (QED) is 0.355. The van der Waals surface area contributed by atoms with E-state index in [1.807, 2.05) is 73.9 Å². The van der Waals surface area contributed by atoms with E-state index in [0.717, 1.165) is 34.5 Å². The van der Waals surface area contributed by atoms with Crippen LogP contribution in [0.25, 0.3) is 16.8 Å². The number of sulfone groups is 1. The Morgan fingerprint density at radius 2 is 1.57 bits per heavy atom. The molecule has 0 unspecified atom stereocenters. The van der Waals surface area contributed by atoms with Crippen LogP contribution in [0.3, 0.4) is 0 Å². The predicted molar refractivity (Wildman–Crippen MR) is 146 cm³/mol. The Labute approximate surface area is 217 Å². The van der Waals surface area contributed by atoms with E-state index in [4.69, 9.17) is 0 Å². The number of hydrogen-bond donors (Lipinski definition) is 2. The van der Waals surface area contributed by atoms with E-state index in [1.165, 1.54) is 12.1 Å². The molecule has 0 saturated carbocycles. The second-order valence-corrected chi connectivity index (χ2v) is 10.8. The largest absolute Gasteiger partial charge is 0.352 e. The van der Waals surface area contributed by atoms with Crippen LogP contribution in [0.2, 0.25) is 0 Å². The number of anilines is 1. The number of aryl methyl sites for hydroxylation is 1. The molecule has 4 rings (SSSR count). The van der Waals surface area contributed by atoms with Gasteiger partial charge in [0.2, 0.25) is 0 Å². The van der Waals surface area contributed by atoms with Gasteiger partial charge in [-0.1, -0.05) is 30.3 Å². The number of amides is 2. The molecule has 0 bridgehead atoms. The topological polar surface area (TPSA) is 97.3 Å². The molecule has 2 amide bonds. The summed E-state index contributed by atoms with van der Waals surface area (Å²) in [6.45, 7) is 6.25. The van der Waals surface area contributed by atoms with Gasteiger partial charge in [0, 0.05) is 41.0 Å². The van der Waals surface area contributed by atoms with Gasteiger partial charge >= 0.3 is 0 Å². The highest BCUT2D eigenvalue weighted by molar-refractivity contribution is 7.90. The molecule has 3 aromatic carbocycles. The van der Waals surface area contributed by atoms with Crippen LogP contribution in [-0.2, 0) is 9.84 Å². The molecule has 0 atom stereocenters. The van der Waals surface area contributed by atoms with Crippen LogP contribution in [0.5, 0.6) is 0 Å². The zero-order valence-corrected chi connectivity index (χ0v) is 22.0. The molecule has 0 spiro atoms. The van der Waals surface area contributed by atoms with Crippen molar-refractivity contribution in [3.63, 3.8) is 0 Å². The molecule has 1 aromatic heterocycles. The number of aromatic nitrogens is 1. The Balaban J connectivity index is 1.69. The first kappa shape index (κ1) is 25.9. The summed E-state index contributed by atoms with van der Waals surface area (Å²) in [4.78, 5) is 25.8. The number of para-hydroxylation sites is 1. The van der Waals surface area contributed by atoms with Gasteiger partial charge in [-0.05, 0) is 74.9 Å². The minimum atomic E-state index is -3.32. The second kappa shape index (κ2) is 10.4. The van der Waals surface area contributed by atoms with Gasteiger partial charge in [0.1, 0.15) is 0 Å². The number of benzene rings is 3. The molecule has 1 heterocycles. The lowest BCUT2D eigenvalue weighted by Crippen LogP contribution is -2.22. The van der Waals surface area contributed by atoms with Crippen LogP contribution in [0, 0.1) is 13.8 Å². The van der Waals surface area contributed by atoms with E-state index < -0.39 is 9.84 Å². The maximum atomic E-state index is 13.2. The van der Waals surface area contributed by atoms with Gasteiger partial charge < -0.3 is 15.2 Å². The van der Waals surface area contributed by atoms with Gasteiger partial charge in [-0.25, -0.2) is 8.42 Å². The van der Waals surface area contributed by atoms with Crippen molar-refractivity contribution in [2.45, 2.75) is 25.7 Å². The van der Waals surface area contributed by atoms with Crippen LogP contribution in [-0.4, -0.2) is 37.6 Å². The lowest BCUT2D eigenvalue weighted by Gasteiger charge is -2.16. The molecule has 0 aliphatic heterocycles. The van der Waals surface area contributed by atoms with Gasteiger partial charge in [-0.2, -0.15) is 0 Å². The summed E-state index contributed by atoms with van der Waals surface area (Å²) in [5.41, 5.74) is 5.94. The molecular formula is C29H29N3O4S. The lowest BCUT2D eigenvalue weighted by molar-refractivity contribution is 0.0955. The van der Waals surface area contributed by atoms with Crippen LogP contribution in [0.1, 0.15) is 39.0 Å². The minimum Gasteiger partial charge on any atom is -0.352 e. The van der Waals surface area contributed by atoms with Gasteiger partial charge in [-0.3, -0.25) is 9.59 Å². The van der Waals surface area contributed by atoms with Crippen LogP contribution >= 0.6 is 0 Å². The molecule has 0 aliphatic rings. The highest BCUT2D eigenvalue weighted by Crippen LogP contribution is 2.31. The molecule has 0 saturated heterocycles. The molecule has 7 nitrogen and oxygen atoms in total. The summed E-state index contributed by atoms with van der Waals surface area (Å²) in [5.74, 6) is -0.416. The molecule has 4 aromatic rings. The van der Waals surface area contributed by atoms with Crippen LogP contribution < -0.4 is 10.6 Å². The zero-order chi connectivity index (χ0) is 26.7. The molecule has 0 aliphatic carbocycles. The van der Waals surface area contributed by atoms with Gasteiger partial charge in [0.25, 0.3) is 11.8 Å². The van der Waals surface area contributed by atoms with Gasteiger partial charge in [0.15, 0.2) is 9.84 Å². The Morgan fingerprint density at radius 3 is 2.24 bits per heavy atom. The van der Waals surface area contributed by atoms with E-state index >= 15 is 0 Å². The molecule has 0 fully saturated rings. The molecule has 8 heteroatoms. The smallest absolute Gasteiger partial charge is 0.257 e. The molecule has 2 N–H and O–H groups in total. The normalized spacial score (nSPS) is 11.2. The number of nitrogens with zero attached hydrogens (tertiary/aromatic N) is 1. The Kier molecular flexibility index (Phi) is 7.31. The minimum absolute atomic E-state index is 0.126. The summed E-state index contributed by atoms with van der Waals surface area (Å²) in [6.07, 6.45) is 1.14. The van der Waals surface area contributed by atoms with E-state index in [0.29, 0.717) is 23.4 Å². The fourth-order valence-electron chi connectivity index (χ4n) is 4.35. The highest BCUT2D eigenvalue weighted by Gasteiger charge is 2.19. The summed E-state index contributed by atoms with van der Waals surface area (Å²) in [7, 11) is -3.32. The van der Waals surface area contributed by atoms with Crippen molar-refractivity contribution in [1.82, 2.24) is 9.88 Å². The summed E-state index contributed by atoms with van der Waals surface area (Å²) in [5, 5.41) is 5.69. The standard InChI is InChI=1S/C29H29N3O4S/c1-5-30-28(33)22-10-8-9-21(18-22)25-11-6-7-12-27(25)32-19(2)17-26(20(32)3)29(34)31-23-13-15-24(16-14-23)37(4,35)36/h6-18H,5H2,1-4H3,(H,30,33)(H,31,34). The molecule has 190 valence electrons. The Bertz CT molecular complexity index is 1590. The fraction of sp³-hybridized carbons (Fsp3) is 0.172.